The first kappa shape index (κ1) is 6.28. The lowest BCUT2D eigenvalue weighted by Gasteiger charge is -2.54. The predicted octanol–water partition coefficient (Wildman–Crippen LogP) is 2.30. The number of hydrogen-bond acceptors (Lipinski definition) is 0. The summed E-state index contributed by atoms with van der Waals surface area (Å²) in [5.74, 6) is 8.88. The molecule has 0 aromatic heterocycles. The molecule has 0 radical (unpaired) electrons. The van der Waals surface area contributed by atoms with Gasteiger partial charge in [-0.15, -0.1) is 0 Å². The standard InChI is InChI=1S/C10H14/c1-7-4-5-8-6-9(7)10(8,2)3/h7-9H,6H2,1-3H3/t7-,8-,9+/m0/s1. The van der Waals surface area contributed by atoms with E-state index in [1.54, 1.807) is 0 Å². The Morgan fingerprint density at radius 1 is 1.30 bits per heavy atom. The second-order valence-electron chi connectivity index (χ2n) is 4.29. The van der Waals surface area contributed by atoms with Crippen molar-refractivity contribution in [3.8, 4) is 11.8 Å². The third-order valence-electron chi connectivity index (χ3n) is 3.43. The molecule has 0 saturated heterocycles. The molecular formula is C10H14. The molecule has 0 N–H and O–H groups in total. The summed E-state index contributed by atoms with van der Waals surface area (Å²) >= 11 is 0. The van der Waals surface area contributed by atoms with E-state index < -0.39 is 0 Å². The van der Waals surface area contributed by atoms with Crippen LogP contribution in [0.3, 0.4) is 0 Å². The van der Waals surface area contributed by atoms with Gasteiger partial charge in [-0.25, -0.2) is 0 Å². The Bertz CT molecular complexity index is 214. The molecule has 0 heteroatoms. The van der Waals surface area contributed by atoms with Crippen molar-refractivity contribution in [1.82, 2.24) is 0 Å². The molecule has 1 saturated carbocycles. The monoisotopic (exact) mass is 134 g/mol. The zero-order chi connectivity index (χ0) is 7.35. The number of hydrogen-bond donors (Lipinski definition) is 0. The molecule has 0 aromatic carbocycles. The minimum absolute atomic E-state index is 0.532. The molecule has 3 atom stereocenters. The maximum absolute atomic E-state index is 3.34. The molecule has 10 heavy (non-hydrogen) atoms. The summed E-state index contributed by atoms with van der Waals surface area (Å²) in [4.78, 5) is 0. The smallest absolute Gasteiger partial charge is 0.0260 e. The highest BCUT2D eigenvalue weighted by Gasteiger charge is 2.51. The Kier molecular flexibility index (Phi) is 0.997. The minimum Gasteiger partial charge on any atom is -0.0996 e. The molecule has 0 amide bonds. The van der Waals surface area contributed by atoms with Crippen LogP contribution in [-0.4, -0.2) is 0 Å². The van der Waals surface area contributed by atoms with Crippen LogP contribution in [0, 0.1) is 35.0 Å². The van der Waals surface area contributed by atoms with Crippen LogP contribution in [0.2, 0.25) is 0 Å². The number of rotatable bonds is 0. The van der Waals surface area contributed by atoms with E-state index in [4.69, 9.17) is 0 Å². The minimum atomic E-state index is 0.532. The second-order valence-corrected chi connectivity index (χ2v) is 4.29. The predicted molar refractivity (Wildman–Crippen MR) is 42.3 cm³/mol. The Morgan fingerprint density at radius 2 is 2.00 bits per heavy atom. The summed E-state index contributed by atoms with van der Waals surface area (Å²) in [7, 11) is 0. The van der Waals surface area contributed by atoms with Gasteiger partial charge >= 0.3 is 0 Å². The van der Waals surface area contributed by atoms with E-state index >= 15 is 0 Å². The molecule has 3 rings (SSSR count). The summed E-state index contributed by atoms with van der Waals surface area (Å²) in [6, 6.07) is 0. The van der Waals surface area contributed by atoms with Gasteiger partial charge in [-0.3, -0.25) is 0 Å². The highest BCUT2D eigenvalue weighted by Crippen LogP contribution is 2.56. The number of fused-ring (bicyclic) bond motifs is 1. The average Bonchev–Trinajstić information content (AvgIpc) is 1.87. The fraction of sp³-hybridized carbons (Fsp3) is 0.800. The molecule has 0 aromatic rings. The zero-order valence-corrected chi connectivity index (χ0v) is 6.94. The van der Waals surface area contributed by atoms with Gasteiger partial charge in [-0.05, 0) is 17.8 Å². The van der Waals surface area contributed by atoms with Crippen molar-refractivity contribution in [2.45, 2.75) is 27.2 Å². The van der Waals surface area contributed by atoms with E-state index in [1.807, 2.05) is 0 Å². The van der Waals surface area contributed by atoms with Crippen molar-refractivity contribution in [2.75, 3.05) is 0 Å². The van der Waals surface area contributed by atoms with Crippen molar-refractivity contribution >= 4 is 0 Å². The molecule has 3 aliphatic rings. The van der Waals surface area contributed by atoms with Crippen molar-refractivity contribution in [3.05, 3.63) is 0 Å². The Hall–Kier alpha value is -0.440. The van der Waals surface area contributed by atoms with Gasteiger partial charge in [-0.1, -0.05) is 32.6 Å². The molecule has 0 aliphatic heterocycles. The van der Waals surface area contributed by atoms with E-state index in [0.29, 0.717) is 17.3 Å². The van der Waals surface area contributed by atoms with Crippen LogP contribution in [0.5, 0.6) is 0 Å². The third kappa shape index (κ3) is 0.539. The van der Waals surface area contributed by atoms with Gasteiger partial charge in [0.1, 0.15) is 0 Å². The average molecular weight is 134 g/mol. The quantitative estimate of drug-likeness (QED) is 0.446. The lowest BCUT2D eigenvalue weighted by atomic mass is 9.49. The van der Waals surface area contributed by atoms with Crippen LogP contribution in [0.4, 0.5) is 0 Å². The van der Waals surface area contributed by atoms with Gasteiger partial charge in [0.05, 0.1) is 0 Å². The van der Waals surface area contributed by atoms with Gasteiger partial charge in [0.2, 0.25) is 0 Å². The Morgan fingerprint density at radius 3 is 2.30 bits per heavy atom. The van der Waals surface area contributed by atoms with E-state index in [-0.39, 0.29) is 0 Å². The van der Waals surface area contributed by atoms with E-state index in [2.05, 4.69) is 32.6 Å². The van der Waals surface area contributed by atoms with Crippen LogP contribution in [0.25, 0.3) is 0 Å². The lowest BCUT2D eigenvalue weighted by molar-refractivity contribution is -0.0130. The summed E-state index contributed by atoms with van der Waals surface area (Å²) < 4.78 is 0. The highest BCUT2D eigenvalue weighted by molar-refractivity contribution is 5.24. The SMILES string of the molecule is C[C@H]1C#C[C@H]2C[C@H]1C2(C)C. The summed E-state index contributed by atoms with van der Waals surface area (Å²) in [6.07, 6.45) is 1.36. The lowest BCUT2D eigenvalue weighted by Crippen LogP contribution is -2.49. The second kappa shape index (κ2) is 1.59. The van der Waals surface area contributed by atoms with Gasteiger partial charge < -0.3 is 0 Å². The van der Waals surface area contributed by atoms with E-state index in [9.17, 15) is 0 Å². The summed E-state index contributed by atoms with van der Waals surface area (Å²) in [5, 5.41) is 0. The molecule has 0 nitrogen and oxygen atoms in total. The maximum Gasteiger partial charge on any atom is 0.0260 e. The fourth-order valence-corrected chi connectivity index (χ4v) is 2.39. The first-order chi connectivity index (χ1) is 4.62. The van der Waals surface area contributed by atoms with E-state index in [0.717, 1.165) is 5.92 Å². The normalized spacial score (nSPS) is 46.9. The summed E-state index contributed by atoms with van der Waals surface area (Å²) in [5.41, 5.74) is 0.532. The van der Waals surface area contributed by atoms with Gasteiger partial charge in [0, 0.05) is 11.8 Å². The van der Waals surface area contributed by atoms with E-state index in [1.165, 1.54) is 6.42 Å². The van der Waals surface area contributed by atoms with Crippen molar-refractivity contribution in [3.63, 3.8) is 0 Å². The fourth-order valence-electron chi connectivity index (χ4n) is 2.39. The highest BCUT2D eigenvalue weighted by atomic mass is 14.5. The molecule has 54 valence electrons. The molecule has 0 spiro atoms. The van der Waals surface area contributed by atoms with Crippen LogP contribution in [0.15, 0.2) is 0 Å². The molecule has 0 unspecified atom stereocenters. The van der Waals surface area contributed by atoms with Gasteiger partial charge in [0.15, 0.2) is 0 Å². The first-order valence-corrected chi connectivity index (χ1v) is 4.13. The topological polar surface area (TPSA) is 0 Å². The largest absolute Gasteiger partial charge is 0.0996 e. The van der Waals surface area contributed by atoms with Gasteiger partial charge in [-0.2, -0.15) is 0 Å². The molecular weight excluding hydrogens is 120 g/mol. The van der Waals surface area contributed by atoms with Gasteiger partial charge in [0.25, 0.3) is 0 Å². The first-order valence-electron chi connectivity index (χ1n) is 4.13. The molecule has 0 heterocycles. The third-order valence-corrected chi connectivity index (χ3v) is 3.43. The Balaban J connectivity index is 2.33. The molecule has 2 bridgehead atoms. The Labute approximate surface area is 63.0 Å². The van der Waals surface area contributed by atoms with Crippen LogP contribution >= 0.6 is 0 Å². The summed E-state index contributed by atoms with van der Waals surface area (Å²) in [6.45, 7) is 6.97. The molecule has 3 aliphatic carbocycles. The van der Waals surface area contributed by atoms with Crippen molar-refractivity contribution in [1.29, 1.82) is 0 Å². The van der Waals surface area contributed by atoms with Crippen molar-refractivity contribution < 1.29 is 0 Å². The zero-order valence-electron chi connectivity index (χ0n) is 6.94. The van der Waals surface area contributed by atoms with Crippen molar-refractivity contribution in [2.24, 2.45) is 23.2 Å². The molecule has 1 fully saturated rings. The van der Waals surface area contributed by atoms with Crippen LogP contribution < -0.4 is 0 Å². The van der Waals surface area contributed by atoms with Crippen LogP contribution in [0.1, 0.15) is 27.2 Å². The van der Waals surface area contributed by atoms with Crippen LogP contribution in [-0.2, 0) is 0 Å². The maximum atomic E-state index is 3.34.